The third kappa shape index (κ3) is 4.62. The normalized spacial score (nSPS) is 19.6. The highest BCUT2D eigenvalue weighted by Gasteiger charge is 2.67. The SMILES string of the molecule is CCCCCc1ccc(OCc2ccc3c(c2F)C(F)(F)C(F)(F)C2=C(F)C(CCC)CC=C23)c(F)c1F. The molecule has 2 aromatic rings. The van der Waals surface area contributed by atoms with Crippen molar-refractivity contribution in [1.82, 2.24) is 0 Å². The molecule has 0 saturated carbocycles. The van der Waals surface area contributed by atoms with Crippen LogP contribution in [-0.4, -0.2) is 5.92 Å². The van der Waals surface area contributed by atoms with Gasteiger partial charge in [0.1, 0.15) is 18.3 Å². The maximum absolute atomic E-state index is 15.4. The van der Waals surface area contributed by atoms with Crippen LogP contribution in [0.1, 0.15) is 74.6 Å². The first kappa shape index (κ1) is 28.2. The molecule has 0 aliphatic heterocycles. The third-order valence-corrected chi connectivity index (χ3v) is 7.20. The summed E-state index contributed by atoms with van der Waals surface area (Å²) in [5, 5.41) is 0. The summed E-state index contributed by atoms with van der Waals surface area (Å²) in [7, 11) is 0. The van der Waals surface area contributed by atoms with Gasteiger partial charge < -0.3 is 4.74 Å². The lowest BCUT2D eigenvalue weighted by molar-refractivity contribution is -0.196. The number of rotatable bonds is 9. The lowest BCUT2D eigenvalue weighted by Gasteiger charge is -2.39. The second-order valence-electron chi connectivity index (χ2n) is 9.77. The molecule has 0 amide bonds. The van der Waals surface area contributed by atoms with Crippen molar-refractivity contribution in [1.29, 1.82) is 0 Å². The average Bonchev–Trinajstić information content (AvgIpc) is 2.86. The van der Waals surface area contributed by atoms with Gasteiger partial charge in [-0.25, -0.2) is 13.2 Å². The third-order valence-electron chi connectivity index (χ3n) is 7.20. The van der Waals surface area contributed by atoms with Gasteiger partial charge in [-0.15, -0.1) is 0 Å². The predicted octanol–water partition coefficient (Wildman–Crippen LogP) is 9.58. The summed E-state index contributed by atoms with van der Waals surface area (Å²) in [5.74, 6) is -17.0. The van der Waals surface area contributed by atoms with E-state index in [1.54, 1.807) is 6.92 Å². The fourth-order valence-corrected chi connectivity index (χ4v) is 5.13. The van der Waals surface area contributed by atoms with E-state index in [0.29, 0.717) is 19.3 Å². The van der Waals surface area contributed by atoms with Crippen molar-refractivity contribution < 1.29 is 39.9 Å². The molecule has 0 saturated heterocycles. The van der Waals surface area contributed by atoms with Crippen LogP contribution in [0.3, 0.4) is 0 Å². The number of fused-ring (bicyclic) bond motifs is 3. The van der Waals surface area contributed by atoms with Crippen LogP contribution < -0.4 is 4.74 Å². The molecule has 0 fully saturated rings. The molecule has 0 bridgehead atoms. The summed E-state index contributed by atoms with van der Waals surface area (Å²) < 4.78 is 125. The van der Waals surface area contributed by atoms with E-state index in [0.717, 1.165) is 31.0 Å². The van der Waals surface area contributed by atoms with Gasteiger partial charge >= 0.3 is 11.8 Å². The van der Waals surface area contributed by atoms with E-state index >= 15 is 26.3 Å². The maximum Gasteiger partial charge on any atom is 0.343 e. The van der Waals surface area contributed by atoms with Crippen LogP contribution in [0.15, 0.2) is 41.7 Å². The van der Waals surface area contributed by atoms with Crippen molar-refractivity contribution in [3.05, 3.63) is 81.4 Å². The van der Waals surface area contributed by atoms with Crippen LogP contribution in [0.25, 0.3) is 5.57 Å². The Balaban J connectivity index is 1.67. The van der Waals surface area contributed by atoms with Crippen LogP contribution in [0.2, 0.25) is 0 Å². The molecule has 2 aliphatic carbocycles. The van der Waals surface area contributed by atoms with Crippen molar-refractivity contribution in [2.45, 2.75) is 77.2 Å². The summed E-state index contributed by atoms with van der Waals surface area (Å²) in [6, 6.07) is 4.52. The standard InChI is InChI=1S/C29H28F8O/c1-3-5-6-8-17-11-14-21(27(33)26(17)32)38-15-18-10-13-20-19-12-9-16(7-4-2)24(30)22(19)28(34,35)29(36,37)23(20)25(18)31/h10-14,16H,3-9,15H2,1-2H3. The average molecular weight is 545 g/mol. The van der Waals surface area contributed by atoms with E-state index < -0.39 is 81.2 Å². The van der Waals surface area contributed by atoms with Crippen LogP contribution in [0, 0.1) is 23.4 Å². The number of hydrogen-bond donors (Lipinski definition) is 0. The minimum atomic E-state index is -5.06. The minimum Gasteiger partial charge on any atom is -0.486 e. The predicted molar refractivity (Wildman–Crippen MR) is 128 cm³/mol. The zero-order valence-electron chi connectivity index (χ0n) is 21.1. The van der Waals surface area contributed by atoms with Gasteiger partial charge in [0.2, 0.25) is 5.82 Å². The van der Waals surface area contributed by atoms with Gasteiger partial charge in [0.05, 0.1) is 11.1 Å². The monoisotopic (exact) mass is 544 g/mol. The Labute approximate surface area is 216 Å². The molecule has 0 heterocycles. The Morgan fingerprint density at radius 3 is 2.21 bits per heavy atom. The molecule has 0 N–H and O–H groups in total. The van der Waals surface area contributed by atoms with E-state index in [1.165, 1.54) is 12.1 Å². The van der Waals surface area contributed by atoms with Gasteiger partial charge in [0, 0.05) is 11.5 Å². The molecule has 9 heteroatoms. The van der Waals surface area contributed by atoms with Crippen LogP contribution in [0.5, 0.6) is 5.75 Å². The Hall–Kier alpha value is -2.84. The molecule has 206 valence electrons. The zero-order valence-corrected chi connectivity index (χ0v) is 21.1. The second kappa shape index (κ2) is 10.7. The molecule has 38 heavy (non-hydrogen) atoms. The highest BCUT2D eigenvalue weighted by Crippen LogP contribution is 2.60. The summed E-state index contributed by atoms with van der Waals surface area (Å²) >= 11 is 0. The van der Waals surface area contributed by atoms with Crippen LogP contribution in [-0.2, 0) is 19.0 Å². The zero-order chi connectivity index (χ0) is 27.8. The quantitative estimate of drug-likeness (QED) is 0.226. The van der Waals surface area contributed by atoms with Gasteiger partial charge in [-0.1, -0.05) is 57.4 Å². The smallest absolute Gasteiger partial charge is 0.343 e. The van der Waals surface area contributed by atoms with Crippen LogP contribution in [0.4, 0.5) is 35.1 Å². The molecule has 1 nitrogen and oxygen atoms in total. The van der Waals surface area contributed by atoms with Crippen molar-refractivity contribution >= 4 is 5.57 Å². The molecular weight excluding hydrogens is 516 g/mol. The van der Waals surface area contributed by atoms with Crippen molar-refractivity contribution in [3.8, 4) is 5.75 Å². The highest BCUT2D eigenvalue weighted by atomic mass is 19.3. The molecule has 0 aromatic heterocycles. The Bertz CT molecular complexity index is 1280. The van der Waals surface area contributed by atoms with E-state index in [9.17, 15) is 8.78 Å². The van der Waals surface area contributed by atoms with Gasteiger partial charge in [-0.2, -0.15) is 22.0 Å². The Morgan fingerprint density at radius 2 is 1.53 bits per heavy atom. The van der Waals surface area contributed by atoms with Gasteiger partial charge in [-0.3, -0.25) is 0 Å². The summed E-state index contributed by atoms with van der Waals surface area (Å²) in [6.07, 6.45) is 4.63. The van der Waals surface area contributed by atoms with Crippen molar-refractivity contribution in [3.63, 3.8) is 0 Å². The number of aryl methyl sites for hydroxylation is 1. The largest absolute Gasteiger partial charge is 0.486 e. The fourth-order valence-electron chi connectivity index (χ4n) is 5.13. The first-order valence-electron chi connectivity index (χ1n) is 12.7. The molecule has 4 rings (SSSR count). The number of benzene rings is 2. The lowest BCUT2D eigenvalue weighted by Crippen LogP contribution is -2.46. The molecule has 0 spiro atoms. The van der Waals surface area contributed by atoms with E-state index in [4.69, 9.17) is 4.74 Å². The van der Waals surface area contributed by atoms with Crippen LogP contribution >= 0.6 is 0 Å². The van der Waals surface area contributed by atoms with Crippen molar-refractivity contribution in [2.75, 3.05) is 0 Å². The van der Waals surface area contributed by atoms with Gasteiger partial charge in [0.25, 0.3) is 0 Å². The van der Waals surface area contributed by atoms with Crippen molar-refractivity contribution in [2.24, 2.45) is 5.92 Å². The Morgan fingerprint density at radius 1 is 0.816 bits per heavy atom. The van der Waals surface area contributed by atoms with E-state index in [1.807, 2.05) is 6.92 Å². The summed E-state index contributed by atoms with van der Waals surface area (Å²) in [5.41, 5.74) is -4.38. The molecule has 0 radical (unpaired) electrons. The molecule has 1 unspecified atom stereocenters. The minimum absolute atomic E-state index is 0.0192. The maximum atomic E-state index is 15.4. The molecular formula is C29H28F8O. The van der Waals surface area contributed by atoms with Gasteiger partial charge in [0.15, 0.2) is 11.6 Å². The Kier molecular flexibility index (Phi) is 7.96. The summed E-state index contributed by atoms with van der Waals surface area (Å²) in [4.78, 5) is 0. The number of hydrogen-bond acceptors (Lipinski definition) is 1. The first-order valence-corrected chi connectivity index (χ1v) is 12.7. The first-order chi connectivity index (χ1) is 18.0. The number of allylic oxidation sites excluding steroid dienone is 4. The summed E-state index contributed by atoms with van der Waals surface area (Å²) in [6.45, 7) is 2.87. The molecule has 1 atom stereocenters. The fraction of sp³-hybridized carbons (Fsp3) is 0.448. The van der Waals surface area contributed by atoms with E-state index in [-0.39, 0.29) is 18.4 Å². The number of halogens is 8. The lowest BCUT2D eigenvalue weighted by atomic mass is 9.72. The second-order valence-corrected chi connectivity index (χ2v) is 9.77. The topological polar surface area (TPSA) is 9.23 Å². The molecule has 2 aliphatic rings. The molecule has 2 aromatic carbocycles. The van der Waals surface area contributed by atoms with E-state index in [2.05, 4.69) is 0 Å². The highest BCUT2D eigenvalue weighted by molar-refractivity contribution is 5.87. The number of ether oxygens (including phenoxy) is 1. The number of alkyl halides is 4. The van der Waals surface area contributed by atoms with Gasteiger partial charge in [-0.05, 0) is 48.4 Å². The number of unbranched alkanes of at least 4 members (excludes halogenated alkanes) is 2.